The zero-order chi connectivity index (χ0) is 28.7. The van der Waals surface area contributed by atoms with Gasteiger partial charge in [0.1, 0.15) is 31.6 Å². The van der Waals surface area contributed by atoms with Crippen molar-refractivity contribution in [2.24, 2.45) is 0 Å². The van der Waals surface area contributed by atoms with Crippen molar-refractivity contribution >= 4 is 5.97 Å². The smallest absolute Gasteiger partial charge is 0.338 e. The summed E-state index contributed by atoms with van der Waals surface area (Å²) in [6, 6.07) is 7.62. The minimum absolute atomic E-state index is 0.191. The topological polar surface area (TPSA) is 53.6 Å². The average molecular weight is 558 g/mol. The van der Waals surface area contributed by atoms with E-state index in [1.54, 1.807) is 7.11 Å². The third-order valence-corrected chi connectivity index (χ3v) is 7.46. The first-order valence-corrected chi connectivity index (χ1v) is 16.1. The Bertz CT molecular complexity index is 880. The number of unbranched alkanes of at least 4 members (excludes halogenated alkanes) is 13. The highest BCUT2D eigenvalue weighted by molar-refractivity contribution is 5.89. The minimum Gasteiger partial charge on any atom is -0.459 e. The molecular weight excluding hydrogens is 500 g/mol. The van der Waals surface area contributed by atoms with Gasteiger partial charge in [-0.2, -0.15) is 0 Å². The molecule has 1 atom stereocenters. The number of ether oxygens (including phenoxy) is 3. The van der Waals surface area contributed by atoms with E-state index in [9.17, 15) is 4.79 Å². The van der Waals surface area contributed by atoms with Crippen molar-refractivity contribution in [3.63, 3.8) is 0 Å². The van der Waals surface area contributed by atoms with Crippen LogP contribution in [0.4, 0.5) is 0 Å². The lowest BCUT2D eigenvalue weighted by Gasteiger charge is -2.16. The van der Waals surface area contributed by atoms with Crippen molar-refractivity contribution in [1.82, 2.24) is 4.57 Å². The van der Waals surface area contributed by atoms with E-state index >= 15 is 0 Å². The third kappa shape index (κ3) is 15.6. The Balaban J connectivity index is 1.47. The van der Waals surface area contributed by atoms with E-state index in [0.29, 0.717) is 12.2 Å². The Morgan fingerprint density at radius 3 is 1.98 bits per heavy atom. The molecular formula is C34H57N2O4+. The maximum atomic E-state index is 12.5. The lowest BCUT2D eigenvalue weighted by Crippen LogP contribution is -2.30. The molecule has 0 aliphatic heterocycles. The second-order valence-electron chi connectivity index (χ2n) is 11.1. The average Bonchev–Trinajstić information content (AvgIpc) is 3.41. The van der Waals surface area contributed by atoms with Crippen LogP contribution in [0.5, 0.6) is 0 Å². The van der Waals surface area contributed by atoms with Gasteiger partial charge in [-0.3, -0.25) is 0 Å². The molecule has 0 fully saturated rings. The van der Waals surface area contributed by atoms with Gasteiger partial charge in [0, 0.05) is 13.7 Å². The van der Waals surface area contributed by atoms with Gasteiger partial charge >= 0.3 is 5.97 Å². The van der Waals surface area contributed by atoms with E-state index in [1.807, 2.05) is 24.3 Å². The summed E-state index contributed by atoms with van der Waals surface area (Å²) in [5.41, 5.74) is 1.69. The fourth-order valence-corrected chi connectivity index (χ4v) is 4.93. The molecule has 226 valence electrons. The van der Waals surface area contributed by atoms with Crippen molar-refractivity contribution in [3.8, 4) is 0 Å². The van der Waals surface area contributed by atoms with Crippen molar-refractivity contribution in [2.75, 3.05) is 26.9 Å². The highest BCUT2D eigenvalue weighted by Gasteiger charge is 2.14. The summed E-state index contributed by atoms with van der Waals surface area (Å²) in [7, 11) is 1.63. The molecule has 2 rings (SSSR count). The molecule has 40 heavy (non-hydrogen) atoms. The summed E-state index contributed by atoms with van der Waals surface area (Å²) in [6.07, 6.45) is 26.0. The molecule has 0 saturated heterocycles. The summed E-state index contributed by atoms with van der Waals surface area (Å²) in [6.45, 7) is 7.60. The van der Waals surface area contributed by atoms with Crippen molar-refractivity contribution in [2.45, 2.75) is 129 Å². The number of esters is 1. The zero-order valence-electron chi connectivity index (χ0n) is 25.8. The normalized spacial score (nSPS) is 12.1. The van der Waals surface area contributed by atoms with Gasteiger partial charge in [0.2, 0.25) is 6.33 Å². The van der Waals surface area contributed by atoms with Crippen LogP contribution in [-0.4, -0.2) is 43.6 Å². The summed E-state index contributed by atoms with van der Waals surface area (Å²) >= 11 is 0. The summed E-state index contributed by atoms with van der Waals surface area (Å²) in [4.78, 5) is 12.5. The number of methoxy groups -OCH3 is 1. The van der Waals surface area contributed by atoms with E-state index in [-0.39, 0.29) is 18.7 Å². The minimum atomic E-state index is -0.331. The molecule has 0 aliphatic rings. The lowest BCUT2D eigenvalue weighted by molar-refractivity contribution is -0.696. The molecule has 1 heterocycles. The molecule has 2 aromatic rings. The first-order chi connectivity index (χ1) is 19.7. The standard InChI is InChI=1S/C34H57N2O4/c1-4-6-7-8-9-10-11-12-13-14-15-16-17-18-26-39-28-33(38-3)29-40-34(37)32-21-19-31(20-22-32)27-36-25-24-35(30-36)23-5-2/h19-22,24-25,30,33H,4-18,23,26-29H2,1-3H3/q+1. The second-order valence-corrected chi connectivity index (χ2v) is 11.1. The highest BCUT2D eigenvalue weighted by atomic mass is 16.6. The first kappa shape index (κ1) is 34.0. The number of hydrogen-bond donors (Lipinski definition) is 0. The summed E-state index contributed by atoms with van der Waals surface area (Å²) in [5, 5.41) is 0. The fourth-order valence-electron chi connectivity index (χ4n) is 4.93. The van der Waals surface area contributed by atoms with Gasteiger partial charge in [-0.05, 0) is 30.5 Å². The number of hydrogen-bond acceptors (Lipinski definition) is 4. The molecule has 6 heteroatoms. The predicted octanol–water partition coefficient (Wildman–Crippen LogP) is 7.90. The molecule has 6 nitrogen and oxygen atoms in total. The molecule has 0 spiro atoms. The highest BCUT2D eigenvalue weighted by Crippen LogP contribution is 2.13. The number of aryl methyl sites for hydroxylation is 1. The summed E-state index contributed by atoms with van der Waals surface area (Å²) in [5.74, 6) is -0.331. The molecule has 0 radical (unpaired) electrons. The molecule has 0 N–H and O–H groups in total. The Morgan fingerprint density at radius 1 is 0.800 bits per heavy atom. The molecule has 1 aromatic heterocycles. The van der Waals surface area contributed by atoms with Gasteiger partial charge in [0.25, 0.3) is 0 Å². The quantitative estimate of drug-likeness (QED) is 0.0707. The van der Waals surface area contributed by atoms with Crippen molar-refractivity contribution < 1.29 is 23.6 Å². The number of carbonyl (C=O) groups excluding carboxylic acids is 1. The third-order valence-electron chi connectivity index (χ3n) is 7.46. The molecule has 0 saturated carbocycles. The zero-order valence-corrected chi connectivity index (χ0v) is 25.8. The first-order valence-electron chi connectivity index (χ1n) is 16.1. The maximum absolute atomic E-state index is 12.5. The number of aromatic nitrogens is 2. The van der Waals surface area contributed by atoms with Crippen LogP contribution in [0.3, 0.4) is 0 Å². The molecule has 0 bridgehead atoms. The Morgan fingerprint density at radius 2 is 1.40 bits per heavy atom. The number of imidazole rings is 1. The molecule has 0 amide bonds. The van der Waals surface area contributed by atoms with Gasteiger partial charge in [-0.25, -0.2) is 13.9 Å². The SMILES string of the molecule is CCCCCCCCCCCCCCCCOCC(COC(=O)c1ccc(Cn2cc[n+](CCC)c2)cc1)OC. The Hall–Kier alpha value is -2.18. The number of rotatable bonds is 25. The van der Waals surface area contributed by atoms with Gasteiger partial charge in [0.05, 0.1) is 18.7 Å². The predicted molar refractivity (Wildman–Crippen MR) is 163 cm³/mol. The van der Waals surface area contributed by atoms with Crippen LogP contribution in [0.2, 0.25) is 0 Å². The van der Waals surface area contributed by atoms with E-state index < -0.39 is 0 Å². The van der Waals surface area contributed by atoms with Crippen LogP contribution >= 0.6 is 0 Å². The fraction of sp³-hybridized carbons (Fsp3) is 0.706. The van der Waals surface area contributed by atoms with E-state index in [1.165, 1.54) is 83.5 Å². The van der Waals surface area contributed by atoms with Crippen LogP contribution in [0.1, 0.15) is 126 Å². The molecule has 1 aromatic carbocycles. The van der Waals surface area contributed by atoms with E-state index in [2.05, 4.69) is 41.7 Å². The van der Waals surface area contributed by atoms with Gasteiger partial charge < -0.3 is 14.2 Å². The summed E-state index contributed by atoms with van der Waals surface area (Å²) < 4.78 is 21.1. The Labute approximate surface area is 244 Å². The van der Waals surface area contributed by atoms with Crippen LogP contribution < -0.4 is 4.57 Å². The molecule has 0 aliphatic carbocycles. The van der Waals surface area contributed by atoms with Crippen LogP contribution in [-0.2, 0) is 27.3 Å². The van der Waals surface area contributed by atoms with Crippen molar-refractivity contribution in [1.29, 1.82) is 0 Å². The number of benzene rings is 1. The van der Waals surface area contributed by atoms with Gasteiger partial charge in [-0.15, -0.1) is 0 Å². The second kappa shape index (κ2) is 22.5. The number of nitrogens with zero attached hydrogens (tertiary/aromatic N) is 2. The van der Waals surface area contributed by atoms with E-state index in [4.69, 9.17) is 14.2 Å². The maximum Gasteiger partial charge on any atom is 0.338 e. The number of carbonyl (C=O) groups is 1. The van der Waals surface area contributed by atoms with Gasteiger partial charge in [-0.1, -0.05) is 109 Å². The van der Waals surface area contributed by atoms with Crippen LogP contribution in [0.15, 0.2) is 43.0 Å². The van der Waals surface area contributed by atoms with Crippen LogP contribution in [0, 0.1) is 0 Å². The van der Waals surface area contributed by atoms with Gasteiger partial charge in [0.15, 0.2) is 0 Å². The monoisotopic (exact) mass is 557 g/mol. The Kier molecular flexibility index (Phi) is 19.1. The molecule has 1 unspecified atom stereocenters. The van der Waals surface area contributed by atoms with Crippen molar-refractivity contribution in [3.05, 3.63) is 54.1 Å². The largest absolute Gasteiger partial charge is 0.459 e. The van der Waals surface area contributed by atoms with E-state index in [0.717, 1.165) is 38.1 Å². The lowest BCUT2D eigenvalue weighted by atomic mass is 10.0. The van der Waals surface area contributed by atoms with Crippen LogP contribution in [0.25, 0.3) is 0 Å².